The lowest BCUT2D eigenvalue weighted by Gasteiger charge is -2.46. The van der Waals surface area contributed by atoms with Crippen molar-refractivity contribution in [2.45, 2.75) is 62.1 Å². The summed E-state index contributed by atoms with van der Waals surface area (Å²) in [6.07, 6.45) is -0.502. The van der Waals surface area contributed by atoms with Crippen LogP contribution in [0, 0.1) is 17.8 Å². The Kier molecular flexibility index (Phi) is 13.8. The number of para-hydroxylation sites is 1. The number of carbonyl (C=O) groups excluding carboxylic acids is 4. The van der Waals surface area contributed by atoms with Crippen LogP contribution in [0.4, 0.5) is 10.5 Å². The number of morpholine rings is 1. The fourth-order valence-corrected chi connectivity index (χ4v) is 12.5. The molecule has 0 aliphatic carbocycles. The van der Waals surface area contributed by atoms with Gasteiger partial charge in [0.25, 0.3) is 0 Å². The Morgan fingerprint density at radius 3 is 2.17 bits per heavy atom. The third-order valence-electron chi connectivity index (χ3n) is 16.0. The Labute approximate surface area is 462 Å². The number of hydrogen-bond donors (Lipinski definition) is 2. The first kappa shape index (κ1) is 51.5. The molecule has 4 aliphatic rings. The molecule has 0 saturated carbocycles. The number of ether oxygens (including phenoxy) is 4. The molecule has 2 N–H and O–H groups in total. The SMILES string of the molecule is COc1cc2c(cc1OC)CN(C(=O)[C@H]1[C@@H]3C(=O)O[C@@H](c4ccccc4)[C@@H](c4ccccc4)N3[C@@H](c3ccc(OCCO)cc3)[C@]13C(=O)N(C(=O)N[C@H](C)c1ccccc1)c1ccc(C#CCn4nnc5ccccc54)cc13)CC2. The van der Waals surface area contributed by atoms with Gasteiger partial charge in [0.05, 0.1) is 56.1 Å². The Hall–Kier alpha value is -9.30. The molecule has 16 heteroatoms. The number of nitrogens with one attached hydrogen (secondary N) is 1. The van der Waals surface area contributed by atoms with Crippen molar-refractivity contribution in [2.24, 2.45) is 5.92 Å². The van der Waals surface area contributed by atoms with Gasteiger partial charge < -0.3 is 34.3 Å². The number of benzene rings is 7. The van der Waals surface area contributed by atoms with Gasteiger partial charge in [0.15, 0.2) is 11.5 Å². The highest BCUT2D eigenvalue weighted by Crippen LogP contribution is 2.66. The van der Waals surface area contributed by atoms with Gasteiger partial charge in [-0.1, -0.05) is 132 Å². The van der Waals surface area contributed by atoms with E-state index in [0.717, 1.165) is 38.2 Å². The zero-order valence-electron chi connectivity index (χ0n) is 44.3. The normalized spacial score (nSPS) is 21.4. The predicted octanol–water partition coefficient (Wildman–Crippen LogP) is 8.59. The van der Waals surface area contributed by atoms with Crippen molar-refractivity contribution in [3.63, 3.8) is 0 Å². The molecule has 1 aromatic heterocycles. The van der Waals surface area contributed by atoms with Gasteiger partial charge in [-0.3, -0.25) is 19.3 Å². The highest BCUT2D eigenvalue weighted by molar-refractivity contribution is 6.24. The molecule has 8 aromatic rings. The van der Waals surface area contributed by atoms with Crippen LogP contribution in [0.2, 0.25) is 0 Å². The monoisotopic (exact) mass is 1070 g/mol. The summed E-state index contributed by atoms with van der Waals surface area (Å²) in [5.74, 6) is 4.66. The molecule has 80 heavy (non-hydrogen) atoms. The molecule has 0 radical (unpaired) electrons. The van der Waals surface area contributed by atoms with Crippen LogP contribution in [0.3, 0.4) is 0 Å². The first-order chi connectivity index (χ1) is 39.1. The molecule has 0 bridgehead atoms. The van der Waals surface area contributed by atoms with E-state index in [1.165, 1.54) is 0 Å². The number of urea groups is 1. The second-order valence-electron chi connectivity index (χ2n) is 20.4. The topological polar surface area (TPSA) is 178 Å². The van der Waals surface area contributed by atoms with Crippen LogP contribution in [0.25, 0.3) is 11.0 Å². The molecule has 2 fully saturated rings. The molecule has 1 spiro atoms. The number of aliphatic hydroxyl groups is 1. The van der Waals surface area contributed by atoms with Crippen molar-refractivity contribution < 1.29 is 43.2 Å². The van der Waals surface area contributed by atoms with Crippen molar-refractivity contribution in [2.75, 3.05) is 38.9 Å². The van der Waals surface area contributed by atoms with Gasteiger partial charge in [0.1, 0.15) is 42.0 Å². The minimum absolute atomic E-state index is 0.0318. The smallest absolute Gasteiger partial charge is 0.329 e. The number of cyclic esters (lactones) is 1. The van der Waals surface area contributed by atoms with E-state index >= 15 is 19.2 Å². The summed E-state index contributed by atoms with van der Waals surface area (Å²) in [6, 6.07) is 47.7. The van der Waals surface area contributed by atoms with E-state index in [2.05, 4.69) is 27.5 Å². The summed E-state index contributed by atoms with van der Waals surface area (Å²) in [7, 11) is 3.13. The van der Waals surface area contributed by atoms with Crippen LogP contribution in [-0.2, 0) is 44.0 Å². The van der Waals surface area contributed by atoms with Crippen molar-refractivity contribution in [1.82, 2.24) is 30.1 Å². The lowest BCUT2D eigenvalue weighted by molar-refractivity contribution is -0.179. The number of hydrogen-bond acceptors (Lipinski definition) is 12. The molecule has 402 valence electrons. The van der Waals surface area contributed by atoms with Gasteiger partial charge in [-0.2, -0.15) is 0 Å². The van der Waals surface area contributed by atoms with E-state index in [1.54, 1.807) is 54.1 Å². The Morgan fingerprint density at radius 1 is 0.787 bits per heavy atom. The summed E-state index contributed by atoms with van der Waals surface area (Å²) in [5, 5.41) is 21.5. The number of carbonyl (C=O) groups is 4. The fourth-order valence-electron chi connectivity index (χ4n) is 12.5. The number of esters is 1. The van der Waals surface area contributed by atoms with Crippen LogP contribution in [-0.4, -0.2) is 93.7 Å². The first-order valence-electron chi connectivity index (χ1n) is 26.7. The van der Waals surface area contributed by atoms with Gasteiger partial charge in [-0.25, -0.2) is 14.4 Å². The lowest BCUT2D eigenvalue weighted by Crippen LogP contribution is -2.57. The molecule has 4 aliphatic heterocycles. The minimum atomic E-state index is -2.05. The van der Waals surface area contributed by atoms with E-state index in [0.29, 0.717) is 45.9 Å². The van der Waals surface area contributed by atoms with Crippen molar-refractivity contribution in [3.8, 4) is 29.1 Å². The van der Waals surface area contributed by atoms with Crippen LogP contribution in [0.5, 0.6) is 17.2 Å². The highest BCUT2D eigenvalue weighted by atomic mass is 16.6. The summed E-state index contributed by atoms with van der Waals surface area (Å²) >= 11 is 0. The summed E-state index contributed by atoms with van der Waals surface area (Å²) < 4.78 is 25.8. The van der Waals surface area contributed by atoms with Gasteiger partial charge in [0.2, 0.25) is 11.8 Å². The van der Waals surface area contributed by atoms with E-state index in [9.17, 15) is 5.11 Å². The summed E-state index contributed by atoms with van der Waals surface area (Å²) in [6.45, 7) is 2.18. The molecular weight excluding hydrogens is 1010 g/mol. The van der Waals surface area contributed by atoms with Crippen LogP contribution >= 0.6 is 0 Å². The Bertz CT molecular complexity index is 3720. The zero-order chi connectivity index (χ0) is 55.1. The molecule has 4 amide bonds. The zero-order valence-corrected chi connectivity index (χ0v) is 44.3. The average Bonchev–Trinajstić information content (AvgIpc) is 4.35. The number of methoxy groups -OCH3 is 2. The third-order valence-corrected chi connectivity index (χ3v) is 16.0. The van der Waals surface area contributed by atoms with Gasteiger partial charge in [-0.05, 0) is 107 Å². The van der Waals surface area contributed by atoms with E-state index < -0.39 is 65.4 Å². The maximum atomic E-state index is 17.1. The molecule has 0 unspecified atom stereocenters. The Morgan fingerprint density at radius 2 is 1.46 bits per heavy atom. The van der Waals surface area contributed by atoms with E-state index in [-0.39, 0.29) is 38.5 Å². The number of aliphatic hydroxyl groups excluding tert-OH is 1. The van der Waals surface area contributed by atoms with Crippen LogP contribution in [0.1, 0.15) is 75.7 Å². The number of anilines is 1. The first-order valence-corrected chi connectivity index (χ1v) is 26.7. The summed E-state index contributed by atoms with van der Waals surface area (Å²) in [5.41, 5.74) is 5.13. The fraction of sp³-hybridized carbons (Fsp3) is 0.250. The number of fused-ring (bicyclic) bond motifs is 5. The largest absolute Gasteiger partial charge is 0.493 e. The van der Waals surface area contributed by atoms with Crippen LogP contribution < -0.4 is 24.4 Å². The number of rotatable bonds is 12. The quantitative estimate of drug-likeness (QED) is 0.0881. The highest BCUT2D eigenvalue weighted by Gasteiger charge is 2.76. The van der Waals surface area contributed by atoms with Crippen molar-refractivity contribution in [1.29, 1.82) is 0 Å². The second-order valence-corrected chi connectivity index (χ2v) is 20.4. The predicted molar refractivity (Wildman–Crippen MR) is 297 cm³/mol. The average molecular weight is 1070 g/mol. The van der Waals surface area contributed by atoms with E-state index in [4.69, 9.17) is 18.9 Å². The molecular formula is C64H57N7O9. The second kappa shape index (κ2) is 21.5. The van der Waals surface area contributed by atoms with Crippen LogP contribution in [0.15, 0.2) is 170 Å². The van der Waals surface area contributed by atoms with Gasteiger partial charge in [0, 0.05) is 18.7 Å². The molecule has 12 rings (SSSR count). The molecule has 5 heterocycles. The van der Waals surface area contributed by atoms with Gasteiger partial charge >= 0.3 is 12.0 Å². The number of imide groups is 1. The maximum absolute atomic E-state index is 17.1. The molecule has 16 nitrogen and oxygen atoms in total. The minimum Gasteiger partial charge on any atom is -0.493 e. The molecule has 2 saturated heterocycles. The number of nitrogens with zero attached hydrogens (tertiary/aromatic N) is 6. The maximum Gasteiger partial charge on any atom is 0.329 e. The molecule has 7 atom stereocenters. The number of amides is 4. The van der Waals surface area contributed by atoms with Gasteiger partial charge in [-0.15, -0.1) is 5.10 Å². The number of aromatic nitrogens is 3. The van der Waals surface area contributed by atoms with Crippen molar-refractivity contribution >= 4 is 40.5 Å². The van der Waals surface area contributed by atoms with Crippen molar-refractivity contribution in [3.05, 3.63) is 214 Å². The standard InChI is InChI=1S/C64H57N7O9/c1-40(42-17-7-4-8-18-42)65-63(76)70-51-30-25-41(16-15-32-69-52-24-14-13-23-50(52)66-67-69)36-49(51)64(62(70)75)55(60(73)68-33-31-46-37-53(77-2)54(78-3)38-47(46)39-68)57-61(74)80-58(44-21-11-6-12-22-44)56(43-19-9-5-10-20-43)71(57)59(64)45-26-28-48(29-27-45)79-35-34-72/h4-14,17-30,36-38,40,55-59,72H,31-35,39H2,1-3H3,(H,65,76)/t40-,55-,56-,57-,58+,59+,64-/m1/s1. The molecule has 7 aromatic carbocycles. The Balaban J connectivity index is 1.11. The third kappa shape index (κ3) is 8.84. The summed E-state index contributed by atoms with van der Waals surface area (Å²) in [4.78, 5) is 70.1. The van der Waals surface area contributed by atoms with E-state index in [1.807, 2.05) is 151 Å². The lowest BCUT2D eigenvalue weighted by atomic mass is 9.64.